The molecule has 0 spiro atoms. The molecule has 1 aromatic carbocycles. The number of aryl methyl sites for hydroxylation is 1. The fourth-order valence-electron chi connectivity index (χ4n) is 2.26. The summed E-state index contributed by atoms with van der Waals surface area (Å²) in [7, 11) is 0. The van der Waals surface area contributed by atoms with Crippen LogP contribution < -0.4 is 10.3 Å². The molecule has 0 aliphatic rings. The van der Waals surface area contributed by atoms with E-state index in [1.54, 1.807) is 6.20 Å². The van der Waals surface area contributed by atoms with Crippen LogP contribution in [0.15, 0.2) is 52.8 Å². The maximum atomic E-state index is 12.3. The fourth-order valence-corrected chi connectivity index (χ4v) is 3.03. The lowest BCUT2D eigenvalue weighted by Crippen LogP contribution is -2.29. The molecular formula is C17H17NO3S. The Labute approximate surface area is 132 Å². The number of aliphatic hydroxyl groups is 1. The maximum Gasteiger partial charge on any atom is 0.259 e. The summed E-state index contributed by atoms with van der Waals surface area (Å²) in [5.74, 6) is 0.713. The molecular weight excluding hydrogens is 298 g/mol. The third-order valence-electron chi connectivity index (χ3n) is 3.46. The second-order valence-electron chi connectivity index (χ2n) is 5.25. The minimum Gasteiger partial charge on any atom is -0.491 e. The van der Waals surface area contributed by atoms with Crippen LogP contribution in [0.5, 0.6) is 5.75 Å². The summed E-state index contributed by atoms with van der Waals surface area (Å²) in [6.45, 7) is 2.37. The second-order valence-corrected chi connectivity index (χ2v) is 6.20. The summed E-state index contributed by atoms with van der Waals surface area (Å²) >= 11 is 1.54. The van der Waals surface area contributed by atoms with E-state index in [0.29, 0.717) is 11.1 Å². The molecule has 5 heteroatoms. The van der Waals surface area contributed by atoms with Crippen molar-refractivity contribution in [1.82, 2.24) is 4.57 Å². The molecule has 3 rings (SSSR count). The predicted octanol–water partition coefficient (Wildman–Crippen LogP) is 2.81. The van der Waals surface area contributed by atoms with Crippen LogP contribution in [0.3, 0.4) is 0 Å². The molecule has 1 N–H and O–H groups in total. The van der Waals surface area contributed by atoms with Crippen LogP contribution in [0.25, 0.3) is 10.1 Å². The normalized spacial score (nSPS) is 12.5. The number of pyridine rings is 1. The minimum atomic E-state index is -0.741. The molecule has 0 saturated carbocycles. The zero-order valence-corrected chi connectivity index (χ0v) is 13.0. The van der Waals surface area contributed by atoms with Crippen molar-refractivity contribution in [3.63, 3.8) is 0 Å². The van der Waals surface area contributed by atoms with E-state index in [4.69, 9.17) is 4.74 Å². The van der Waals surface area contributed by atoms with Gasteiger partial charge in [0.05, 0.1) is 11.9 Å². The number of benzene rings is 1. The Balaban J connectivity index is 1.65. The zero-order valence-electron chi connectivity index (χ0n) is 12.2. The van der Waals surface area contributed by atoms with Crippen LogP contribution in [0.2, 0.25) is 0 Å². The highest BCUT2D eigenvalue weighted by Gasteiger charge is 2.10. The van der Waals surface area contributed by atoms with E-state index < -0.39 is 6.10 Å². The summed E-state index contributed by atoms with van der Waals surface area (Å²) < 4.78 is 8.03. The smallest absolute Gasteiger partial charge is 0.259 e. The molecule has 3 aromatic rings. The number of thiophene rings is 1. The molecule has 0 amide bonds. The Morgan fingerprint density at radius 1 is 1.23 bits per heavy atom. The lowest BCUT2D eigenvalue weighted by Gasteiger charge is -2.14. The van der Waals surface area contributed by atoms with Crippen molar-refractivity contribution in [2.45, 2.75) is 19.6 Å². The molecule has 114 valence electrons. The van der Waals surface area contributed by atoms with Crippen LogP contribution >= 0.6 is 11.3 Å². The number of hydrogen-bond acceptors (Lipinski definition) is 4. The molecule has 0 saturated heterocycles. The SMILES string of the molecule is Cc1ccc(OCC(O)Cn2ccc3sccc3c2=O)cc1. The minimum absolute atomic E-state index is 0.0758. The predicted molar refractivity (Wildman–Crippen MR) is 88.8 cm³/mol. The van der Waals surface area contributed by atoms with Crippen LogP contribution in [0.1, 0.15) is 5.56 Å². The Hall–Kier alpha value is -2.11. The summed E-state index contributed by atoms with van der Waals surface area (Å²) in [5, 5.41) is 12.7. The molecule has 22 heavy (non-hydrogen) atoms. The van der Waals surface area contributed by atoms with Crippen LogP contribution in [-0.4, -0.2) is 22.4 Å². The van der Waals surface area contributed by atoms with Gasteiger partial charge in [0.25, 0.3) is 5.56 Å². The number of hydrogen-bond donors (Lipinski definition) is 1. The van der Waals surface area contributed by atoms with Gasteiger partial charge in [-0.1, -0.05) is 17.7 Å². The molecule has 0 aliphatic heterocycles. The van der Waals surface area contributed by atoms with Gasteiger partial charge in [-0.2, -0.15) is 0 Å². The Morgan fingerprint density at radius 3 is 2.77 bits per heavy atom. The Kier molecular flexibility index (Phi) is 4.27. The van der Waals surface area contributed by atoms with Gasteiger partial charge in [0.15, 0.2) is 0 Å². The third-order valence-corrected chi connectivity index (χ3v) is 4.35. The molecule has 2 aromatic heterocycles. The molecule has 1 unspecified atom stereocenters. The van der Waals surface area contributed by atoms with E-state index in [9.17, 15) is 9.90 Å². The maximum absolute atomic E-state index is 12.3. The number of fused-ring (bicyclic) bond motifs is 1. The first-order valence-corrected chi connectivity index (χ1v) is 7.95. The van der Waals surface area contributed by atoms with Crippen LogP contribution in [0.4, 0.5) is 0 Å². The van der Waals surface area contributed by atoms with Gasteiger partial charge in [0.1, 0.15) is 18.5 Å². The van der Waals surface area contributed by atoms with Crippen molar-refractivity contribution in [3.8, 4) is 5.75 Å². The van der Waals surface area contributed by atoms with Gasteiger partial charge in [0, 0.05) is 10.9 Å². The van der Waals surface area contributed by atoms with E-state index in [-0.39, 0.29) is 18.7 Å². The molecule has 0 radical (unpaired) electrons. The van der Waals surface area contributed by atoms with E-state index in [1.165, 1.54) is 15.9 Å². The Morgan fingerprint density at radius 2 is 2.00 bits per heavy atom. The van der Waals surface area contributed by atoms with Crippen molar-refractivity contribution < 1.29 is 9.84 Å². The highest BCUT2D eigenvalue weighted by atomic mass is 32.1. The number of aromatic nitrogens is 1. The first-order valence-electron chi connectivity index (χ1n) is 7.07. The molecule has 1 atom stereocenters. The van der Waals surface area contributed by atoms with Crippen molar-refractivity contribution >= 4 is 21.4 Å². The molecule has 0 fully saturated rings. The summed E-state index contributed by atoms with van der Waals surface area (Å²) in [6.07, 6.45) is 0.978. The summed E-state index contributed by atoms with van der Waals surface area (Å²) in [5.41, 5.74) is 1.08. The van der Waals surface area contributed by atoms with Gasteiger partial charge in [-0.25, -0.2) is 0 Å². The van der Waals surface area contributed by atoms with Crippen molar-refractivity contribution in [3.05, 3.63) is 63.9 Å². The van der Waals surface area contributed by atoms with Gasteiger partial charge < -0.3 is 14.4 Å². The number of aliphatic hydroxyl groups excluding tert-OH is 1. The van der Waals surface area contributed by atoms with Gasteiger partial charge in [0.2, 0.25) is 0 Å². The molecule has 2 heterocycles. The quantitative estimate of drug-likeness (QED) is 0.787. The van der Waals surface area contributed by atoms with Gasteiger partial charge in [-0.05, 0) is 36.6 Å². The average molecular weight is 315 g/mol. The van der Waals surface area contributed by atoms with Crippen LogP contribution in [0, 0.1) is 6.92 Å². The summed E-state index contributed by atoms with van der Waals surface area (Å²) in [4.78, 5) is 12.3. The van der Waals surface area contributed by atoms with E-state index in [2.05, 4.69) is 0 Å². The number of ether oxygens (including phenoxy) is 1. The largest absolute Gasteiger partial charge is 0.491 e. The van der Waals surface area contributed by atoms with Gasteiger partial charge in [-0.3, -0.25) is 4.79 Å². The lowest BCUT2D eigenvalue weighted by atomic mass is 10.2. The average Bonchev–Trinajstić information content (AvgIpc) is 2.99. The molecule has 0 aliphatic carbocycles. The molecule has 4 nitrogen and oxygen atoms in total. The topological polar surface area (TPSA) is 51.5 Å². The second kappa shape index (κ2) is 6.34. The third kappa shape index (κ3) is 3.21. The Bertz CT molecular complexity index is 820. The highest BCUT2D eigenvalue weighted by Crippen LogP contribution is 2.16. The van der Waals surface area contributed by atoms with Crippen molar-refractivity contribution in [2.24, 2.45) is 0 Å². The van der Waals surface area contributed by atoms with Crippen molar-refractivity contribution in [1.29, 1.82) is 0 Å². The first kappa shape index (κ1) is 14.8. The van der Waals surface area contributed by atoms with E-state index in [1.807, 2.05) is 48.7 Å². The van der Waals surface area contributed by atoms with Gasteiger partial charge in [-0.15, -0.1) is 11.3 Å². The molecule has 0 bridgehead atoms. The standard InChI is InChI=1S/C17H17NO3S/c1-12-2-4-14(5-3-12)21-11-13(19)10-18-8-6-16-15(17(18)20)7-9-22-16/h2-9,13,19H,10-11H2,1H3. The fraction of sp³-hybridized carbons (Fsp3) is 0.235. The lowest BCUT2D eigenvalue weighted by molar-refractivity contribution is 0.0917. The van der Waals surface area contributed by atoms with Gasteiger partial charge >= 0.3 is 0 Å². The number of rotatable bonds is 5. The monoisotopic (exact) mass is 315 g/mol. The highest BCUT2D eigenvalue weighted by molar-refractivity contribution is 7.17. The zero-order chi connectivity index (χ0) is 15.5. The van der Waals surface area contributed by atoms with E-state index in [0.717, 1.165) is 10.3 Å². The number of nitrogens with zero attached hydrogens (tertiary/aromatic N) is 1. The first-order chi connectivity index (χ1) is 10.6. The van der Waals surface area contributed by atoms with Crippen LogP contribution in [-0.2, 0) is 6.54 Å². The van der Waals surface area contributed by atoms with Crippen molar-refractivity contribution in [2.75, 3.05) is 6.61 Å². The summed E-state index contributed by atoms with van der Waals surface area (Å²) in [6, 6.07) is 11.4. The van der Waals surface area contributed by atoms with E-state index >= 15 is 0 Å².